The molecule has 0 aliphatic rings. The van der Waals surface area contributed by atoms with E-state index in [1.165, 1.54) is 18.5 Å². The van der Waals surface area contributed by atoms with Gasteiger partial charge in [-0.2, -0.15) is 0 Å². The summed E-state index contributed by atoms with van der Waals surface area (Å²) >= 11 is 0. The molecule has 0 spiro atoms. The molecule has 0 radical (unpaired) electrons. The quantitative estimate of drug-likeness (QED) is 0.535. The summed E-state index contributed by atoms with van der Waals surface area (Å²) in [5.74, 6) is 1.03. The van der Waals surface area contributed by atoms with Gasteiger partial charge in [-0.25, -0.2) is 19.3 Å². The Hall–Kier alpha value is -3.54. The molecule has 4 aromatic rings. The van der Waals surface area contributed by atoms with Gasteiger partial charge in [-0.1, -0.05) is 0 Å². The first kappa shape index (κ1) is 16.9. The third-order valence-electron chi connectivity index (χ3n) is 4.29. The minimum absolute atomic E-state index is 0.286. The number of ether oxygens (including phenoxy) is 2. The number of aromatic nitrogens is 3. The normalized spacial score (nSPS) is 10.8. The molecule has 2 heterocycles. The number of nitrogens with zero attached hydrogens (tertiary/aromatic N) is 3. The van der Waals surface area contributed by atoms with Crippen molar-refractivity contribution in [3.05, 3.63) is 66.7 Å². The summed E-state index contributed by atoms with van der Waals surface area (Å²) in [4.78, 5) is 13.5. The van der Waals surface area contributed by atoms with Crippen molar-refractivity contribution < 1.29 is 13.9 Å². The van der Waals surface area contributed by atoms with Gasteiger partial charge in [-0.15, -0.1) is 0 Å². The summed E-state index contributed by atoms with van der Waals surface area (Å²) in [5.41, 5.74) is 4.32. The Morgan fingerprint density at radius 3 is 2.41 bits per heavy atom. The van der Waals surface area contributed by atoms with Crippen molar-refractivity contribution in [1.82, 2.24) is 15.0 Å². The summed E-state index contributed by atoms with van der Waals surface area (Å²) in [6.07, 6.45) is 1.50. The minimum Gasteiger partial charge on any atom is -0.497 e. The zero-order chi connectivity index (χ0) is 18.8. The van der Waals surface area contributed by atoms with E-state index in [1.54, 1.807) is 32.4 Å². The molecule has 5 nitrogen and oxygen atoms in total. The van der Waals surface area contributed by atoms with Gasteiger partial charge in [-0.3, -0.25) is 0 Å². The molecule has 2 aromatic heterocycles. The van der Waals surface area contributed by atoms with Crippen LogP contribution in [0.3, 0.4) is 0 Å². The summed E-state index contributed by atoms with van der Waals surface area (Å²) < 4.78 is 24.0. The fourth-order valence-electron chi connectivity index (χ4n) is 2.91. The number of methoxy groups -OCH3 is 2. The number of rotatable bonds is 4. The second-order valence-electron chi connectivity index (χ2n) is 5.86. The van der Waals surface area contributed by atoms with E-state index in [9.17, 15) is 4.39 Å². The maximum absolute atomic E-state index is 13.2. The maximum Gasteiger partial charge on any atom is 0.132 e. The Morgan fingerprint density at radius 2 is 1.67 bits per heavy atom. The molecule has 0 N–H and O–H groups in total. The first-order chi connectivity index (χ1) is 13.2. The number of fused-ring (bicyclic) bond motifs is 1. The molecule has 0 aliphatic heterocycles. The van der Waals surface area contributed by atoms with E-state index < -0.39 is 0 Å². The van der Waals surface area contributed by atoms with Crippen LogP contribution in [0.4, 0.5) is 4.39 Å². The standard InChI is InChI=1S/C21H16FN3O2/c1-26-15-7-8-16(19(11-15)27-2)20-21-18(23-12-24-20)10-9-17(25-21)13-3-5-14(22)6-4-13/h3-12H,1-2H3. The molecular weight excluding hydrogens is 345 g/mol. The summed E-state index contributed by atoms with van der Waals surface area (Å²) in [7, 11) is 3.20. The van der Waals surface area contributed by atoms with E-state index in [4.69, 9.17) is 14.5 Å². The smallest absolute Gasteiger partial charge is 0.132 e. The lowest BCUT2D eigenvalue weighted by atomic mass is 10.1. The largest absolute Gasteiger partial charge is 0.497 e. The lowest BCUT2D eigenvalue weighted by Crippen LogP contribution is -1.96. The molecule has 0 unspecified atom stereocenters. The van der Waals surface area contributed by atoms with Crippen molar-refractivity contribution in [2.24, 2.45) is 0 Å². The van der Waals surface area contributed by atoms with Crippen molar-refractivity contribution >= 4 is 11.0 Å². The van der Waals surface area contributed by atoms with Gasteiger partial charge in [-0.05, 0) is 48.5 Å². The molecule has 0 fully saturated rings. The zero-order valence-corrected chi connectivity index (χ0v) is 14.8. The van der Waals surface area contributed by atoms with Gasteiger partial charge in [0.15, 0.2) is 0 Å². The highest BCUT2D eigenvalue weighted by molar-refractivity contribution is 5.92. The minimum atomic E-state index is -0.286. The second kappa shape index (κ2) is 6.99. The van der Waals surface area contributed by atoms with E-state index in [2.05, 4.69) is 9.97 Å². The number of pyridine rings is 1. The highest BCUT2D eigenvalue weighted by Gasteiger charge is 2.14. The van der Waals surface area contributed by atoms with Crippen LogP contribution in [-0.2, 0) is 0 Å². The molecule has 0 bridgehead atoms. The maximum atomic E-state index is 13.2. The molecule has 0 saturated carbocycles. The summed E-state index contributed by atoms with van der Waals surface area (Å²) in [5, 5.41) is 0. The Bertz CT molecular complexity index is 1110. The fraction of sp³-hybridized carbons (Fsp3) is 0.0952. The van der Waals surface area contributed by atoms with Crippen molar-refractivity contribution in [3.63, 3.8) is 0 Å². The number of halogens is 1. The second-order valence-corrected chi connectivity index (χ2v) is 5.86. The van der Waals surface area contributed by atoms with Crippen LogP contribution in [0.25, 0.3) is 33.5 Å². The number of benzene rings is 2. The van der Waals surface area contributed by atoms with Crippen molar-refractivity contribution in [1.29, 1.82) is 0 Å². The average molecular weight is 361 g/mol. The Balaban J connectivity index is 1.91. The van der Waals surface area contributed by atoms with Crippen molar-refractivity contribution in [3.8, 4) is 34.0 Å². The fourth-order valence-corrected chi connectivity index (χ4v) is 2.91. The highest BCUT2D eigenvalue weighted by Crippen LogP contribution is 2.35. The molecular formula is C21H16FN3O2. The molecule has 2 aromatic carbocycles. The number of hydrogen-bond acceptors (Lipinski definition) is 5. The molecule has 4 rings (SSSR count). The van der Waals surface area contributed by atoms with Crippen LogP contribution < -0.4 is 9.47 Å². The van der Waals surface area contributed by atoms with Gasteiger partial charge < -0.3 is 9.47 Å². The van der Waals surface area contributed by atoms with Gasteiger partial charge in [0.25, 0.3) is 0 Å². The zero-order valence-electron chi connectivity index (χ0n) is 14.8. The van der Waals surface area contributed by atoms with E-state index in [0.29, 0.717) is 33.9 Å². The van der Waals surface area contributed by atoms with Gasteiger partial charge in [0.2, 0.25) is 0 Å². The highest BCUT2D eigenvalue weighted by atomic mass is 19.1. The van der Waals surface area contributed by atoms with Crippen LogP contribution in [0, 0.1) is 5.82 Å². The Morgan fingerprint density at radius 1 is 0.852 bits per heavy atom. The van der Waals surface area contributed by atoms with Crippen LogP contribution in [0.1, 0.15) is 0 Å². The third-order valence-corrected chi connectivity index (χ3v) is 4.29. The predicted octanol–water partition coefficient (Wildman–Crippen LogP) is 4.52. The van der Waals surface area contributed by atoms with Crippen LogP contribution >= 0.6 is 0 Å². The molecule has 27 heavy (non-hydrogen) atoms. The number of hydrogen-bond donors (Lipinski definition) is 0. The van der Waals surface area contributed by atoms with E-state index in [0.717, 1.165) is 11.1 Å². The SMILES string of the molecule is COc1ccc(-c2ncnc3ccc(-c4ccc(F)cc4)nc23)c(OC)c1. The van der Waals surface area contributed by atoms with E-state index >= 15 is 0 Å². The predicted molar refractivity (Wildman–Crippen MR) is 101 cm³/mol. The Labute approximate surface area is 155 Å². The van der Waals surface area contributed by atoms with Crippen LogP contribution in [0.5, 0.6) is 11.5 Å². The van der Waals surface area contributed by atoms with Crippen LogP contribution in [0.2, 0.25) is 0 Å². The third kappa shape index (κ3) is 3.17. The van der Waals surface area contributed by atoms with Crippen LogP contribution in [-0.4, -0.2) is 29.2 Å². The monoisotopic (exact) mass is 361 g/mol. The van der Waals surface area contributed by atoms with Crippen molar-refractivity contribution in [2.45, 2.75) is 0 Å². The van der Waals surface area contributed by atoms with Crippen LogP contribution in [0.15, 0.2) is 60.9 Å². The Kier molecular flexibility index (Phi) is 4.38. The van der Waals surface area contributed by atoms with Gasteiger partial charge in [0.05, 0.1) is 25.4 Å². The average Bonchev–Trinajstić information content (AvgIpc) is 2.73. The lowest BCUT2D eigenvalue weighted by Gasteiger charge is -2.12. The molecule has 6 heteroatoms. The van der Waals surface area contributed by atoms with Gasteiger partial charge >= 0.3 is 0 Å². The van der Waals surface area contributed by atoms with E-state index in [-0.39, 0.29) is 5.82 Å². The summed E-state index contributed by atoms with van der Waals surface area (Å²) in [6.45, 7) is 0. The summed E-state index contributed by atoms with van der Waals surface area (Å²) in [6, 6.07) is 15.5. The van der Waals surface area contributed by atoms with Crippen molar-refractivity contribution in [2.75, 3.05) is 14.2 Å². The molecule has 134 valence electrons. The molecule has 0 aliphatic carbocycles. The molecule has 0 saturated heterocycles. The first-order valence-electron chi connectivity index (χ1n) is 8.29. The van der Waals surface area contributed by atoms with Gasteiger partial charge in [0, 0.05) is 17.2 Å². The molecule has 0 atom stereocenters. The lowest BCUT2D eigenvalue weighted by molar-refractivity contribution is 0.395. The topological polar surface area (TPSA) is 57.1 Å². The van der Waals surface area contributed by atoms with Gasteiger partial charge in [0.1, 0.15) is 34.9 Å². The van der Waals surface area contributed by atoms with E-state index in [1.807, 2.05) is 24.3 Å². The molecule has 0 amide bonds. The first-order valence-corrected chi connectivity index (χ1v) is 8.29.